The van der Waals surface area contributed by atoms with Gasteiger partial charge >= 0.3 is 0 Å². The van der Waals surface area contributed by atoms with Crippen LogP contribution in [0.5, 0.6) is 0 Å². The summed E-state index contributed by atoms with van der Waals surface area (Å²) >= 11 is 4.55. The Morgan fingerprint density at radius 3 is 2.00 bits per heavy atom. The van der Waals surface area contributed by atoms with E-state index >= 15 is 0 Å². The topological polar surface area (TPSA) is 9.23 Å². The Balaban J connectivity index is 3.72. The molecule has 0 aliphatic carbocycles. The zero-order chi connectivity index (χ0) is 7.49. The van der Waals surface area contributed by atoms with Gasteiger partial charge in [0.1, 0.15) is 11.7 Å². The van der Waals surface area contributed by atoms with Crippen LogP contribution in [0.25, 0.3) is 0 Å². The van der Waals surface area contributed by atoms with Crippen LogP contribution >= 0.6 is 12.2 Å². The highest BCUT2D eigenvalue weighted by molar-refractivity contribution is 7.78. The minimum atomic E-state index is 0.190. The van der Waals surface area contributed by atoms with Crippen LogP contribution in [0.3, 0.4) is 0 Å². The van der Waals surface area contributed by atoms with Gasteiger partial charge in [-0.2, -0.15) is 0 Å². The maximum absolute atomic E-state index is 5.10. The van der Waals surface area contributed by atoms with Gasteiger partial charge in [0.05, 0.1) is 0 Å². The van der Waals surface area contributed by atoms with Crippen LogP contribution in [0.15, 0.2) is 0 Å². The summed E-state index contributed by atoms with van der Waals surface area (Å²) in [5.41, 5.74) is 1.52. The highest BCUT2D eigenvalue weighted by Crippen LogP contribution is 2.20. The van der Waals surface area contributed by atoms with E-state index in [9.17, 15) is 0 Å². The van der Waals surface area contributed by atoms with Crippen LogP contribution in [-0.2, 0) is 4.74 Å². The molecule has 0 aromatic carbocycles. The van der Waals surface area contributed by atoms with Crippen molar-refractivity contribution in [3.63, 3.8) is 0 Å². The summed E-state index contributed by atoms with van der Waals surface area (Å²) in [6.07, 6.45) is 0.204. The lowest BCUT2D eigenvalue weighted by molar-refractivity contribution is 0.103. The molecule has 0 aromatic rings. The van der Waals surface area contributed by atoms with Crippen molar-refractivity contribution in [2.45, 2.75) is 33.8 Å². The molecule has 0 aliphatic rings. The molecule has 1 atom stereocenters. The van der Waals surface area contributed by atoms with Crippen molar-refractivity contribution in [3.8, 4) is 0 Å². The Morgan fingerprint density at radius 2 is 1.89 bits per heavy atom. The molecule has 0 amide bonds. The van der Waals surface area contributed by atoms with Gasteiger partial charge in [0, 0.05) is 0 Å². The number of rotatable bonds is 2. The lowest BCUT2D eigenvalue weighted by Crippen LogP contribution is -2.25. The number of thiocarbonyl (C=S) groups is 1. The fourth-order valence-corrected chi connectivity index (χ4v) is 0.454. The van der Waals surface area contributed by atoms with Gasteiger partial charge in [-0.1, -0.05) is 20.8 Å². The second-order valence-electron chi connectivity index (χ2n) is 3.24. The molecule has 0 aliphatic heterocycles. The van der Waals surface area contributed by atoms with E-state index in [-0.39, 0.29) is 11.5 Å². The zero-order valence-corrected chi connectivity index (χ0v) is 7.29. The van der Waals surface area contributed by atoms with Crippen LogP contribution in [0.4, 0.5) is 0 Å². The smallest absolute Gasteiger partial charge is 0.146 e. The van der Waals surface area contributed by atoms with Gasteiger partial charge in [0.15, 0.2) is 0 Å². The van der Waals surface area contributed by atoms with Crippen LogP contribution in [0.1, 0.15) is 27.7 Å². The van der Waals surface area contributed by atoms with Gasteiger partial charge < -0.3 is 4.74 Å². The summed E-state index contributed by atoms with van der Waals surface area (Å²) in [5.74, 6) is 0. The molecule has 0 aromatic heterocycles. The van der Waals surface area contributed by atoms with Crippen molar-refractivity contribution in [1.29, 1.82) is 0 Å². The van der Waals surface area contributed by atoms with E-state index in [0.29, 0.717) is 0 Å². The van der Waals surface area contributed by atoms with E-state index in [4.69, 9.17) is 4.74 Å². The van der Waals surface area contributed by atoms with E-state index < -0.39 is 0 Å². The molecule has 0 bridgehead atoms. The maximum Gasteiger partial charge on any atom is 0.146 e. The maximum atomic E-state index is 5.10. The molecule has 0 saturated carbocycles. The fraction of sp³-hybridized carbons (Fsp3) is 0.857. The summed E-state index contributed by atoms with van der Waals surface area (Å²) < 4.78 is 5.10. The Morgan fingerprint density at radius 1 is 1.44 bits per heavy atom. The van der Waals surface area contributed by atoms with Gasteiger partial charge in [0.25, 0.3) is 0 Å². The van der Waals surface area contributed by atoms with Gasteiger partial charge in [-0.3, -0.25) is 0 Å². The molecule has 54 valence electrons. The monoisotopic (exact) mass is 146 g/mol. The van der Waals surface area contributed by atoms with Crippen LogP contribution in [0, 0.1) is 5.41 Å². The molecular formula is C7H14OS. The Kier molecular flexibility index (Phi) is 3.12. The van der Waals surface area contributed by atoms with Crippen molar-refractivity contribution in [2.75, 3.05) is 0 Å². The summed E-state index contributed by atoms with van der Waals surface area (Å²) in [5, 5.41) is 0. The van der Waals surface area contributed by atoms with Crippen LogP contribution in [0.2, 0.25) is 0 Å². The molecule has 0 saturated heterocycles. The van der Waals surface area contributed by atoms with Gasteiger partial charge in [0.2, 0.25) is 0 Å². The first-order valence-electron chi connectivity index (χ1n) is 3.07. The lowest BCUT2D eigenvalue weighted by Gasteiger charge is -2.25. The zero-order valence-electron chi connectivity index (χ0n) is 6.47. The quantitative estimate of drug-likeness (QED) is 0.553. The van der Waals surface area contributed by atoms with E-state index in [2.05, 4.69) is 33.0 Å². The van der Waals surface area contributed by atoms with E-state index in [1.54, 1.807) is 0 Å². The summed E-state index contributed by atoms with van der Waals surface area (Å²) in [7, 11) is 0. The van der Waals surface area contributed by atoms with E-state index in [1.807, 2.05) is 6.92 Å². The first-order valence-corrected chi connectivity index (χ1v) is 3.54. The Bertz CT molecular complexity index is 93.6. The summed E-state index contributed by atoms with van der Waals surface area (Å²) in [4.78, 5) is 0. The van der Waals surface area contributed by atoms with Gasteiger partial charge in [-0.15, -0.1) is 0 Å². The van der Waals surface area contributed by atoms with E-state index in [0.717, 1.165) is 0 Å². The first kappa shape index (κ1) is 8.89. The van der Waals surface area contributed by atoms with Crippen molar-refractivity contribution in [2.24, 2.45) is 5.41 Å². The van der Waals surface area contributed by atoms with Gasteiger partial charge in [-0.05, 0) is 24.6 Å². The molecule has 1 nitrogen and oxygen atoms in total. The van der Waals surface area contributed by atoms with Crippen molar-refractivity contribution < 1.29 is 4.74 Å². The molecule has 0 N–H and O–H groups in total. The number of hydrogen-bond donors (Lipinski definition) is 0. The minimum Gasteiger partial charge on any atom is -0.486 e. The standard InChI is InChI=1S/C7H14OS/c1-6(8-5-9)7(2,3)4/h5-6H,1-4H3. The van der Waals surface area contributed by atoms with Gasteiger partial charge in [-0.25, -0.2) is 0 Å². The largest absolute Gasteiger partial charge is 0.486 e. The second kappa shape index (κ2) is 3.16. The third kappa shape index (κ3) is 3.46. The molecular weight excluding hydrogens is 132 g/mol. The van der Waals surface area contributed by atoms with Crippen LogP contribution in [-0.4, -0.2) is 11.7 Å². The average molecular weight is 146 g/mol. The molecule has 0 rings (SSSR count). The number of ether oxygens (including phenoxy) is 1. The predicted molar refractivity (Wildman–Crippen MR) is 43.7 cm³/mol. The second-order valence-corrected chi connectivity index (χ2v) is 3.43. The third-order valence-corrected chi connectivity index (χ3v) is 1.59. The minimum absolute atomic E-state index is 0.190. The molecule has 0 fully saturated rings. The third-order valence-electron chi connectivity index (χ3n) is 1.48. The summed E-state index contributed by atoms with van der Waals surface area (Å²) in [6, 6.07) is 0. The Hall–Kier alpha value is -0.110. The highest BCUT2D eigenvalue weighted by Gasteiger charge is 2.19. The van der Waals surface area contributed by atoms with E-state index in [1.165, 1.54) is 5.55 Å². The Labute approximate surface area is 62.4 Å². The lowest BCUT2D eigenvalue weighted by atomic mass is 9.90. The molecule has 0 radical (unpaired) electrons. The first-order chi connectivity index (χ1) is 3.98. The normalized spacial score (nSPS) is 14.7. The molecule has 9 heavy (non-hydrogen) atoms. The summed E-state index contributed by atoms with van der Waals surface area (Å²) in [6.45, 7) is 8.38. The molecule has 1 unspecified atom stereocenters. The van der Waals surface area contributed by atoms with Crippen molar-refractivity contribution in [3.05, 3.63) is 0 Å². The fourth-order valence-electron chi connectivity index (χ4n) is 0.287. The van der Waals surface area contributed by atoms with Crippen molar-refractivity contribution in [1.82, 2.24) is 0 Å². The number of hydrogen-bond acceptors (Lipinski definition) is 2. The highest BCUT2D eigenvalue weighted by atomic mass is 32.1. The average Bonchev–Trinajstić information content (AvgIpc) is 1.64. The van der Waals surface area contributed by atoms with Crippen molar-refractivity contribution >= 4 is 17.8 Å². The SMILES string of the molecule is CC(OC=S)C(C)(C)C. The molecule has 0 heterocycles. The van der Waals surface area contributed by atoms with Crippen LogP contribution < -0.4 is 0 Å². The predicted octanol–water partition coefficient (Wildman–Crippen LogP) is 2.39. The molecule has 0 spiro atoms. The molecule has 2 heteroatoms.